The van der Waals surface area contributed by atoms with Crippen molar-refractivity contribution in [1.29, 1.82) is 0 Å². The van der Waals surface area contributed by atoms with Crippen molar-refractivity contribution < 1.29 is 18.7 Å². The summed E-state index contributed by atoms with van der Waals surface area (Å²) in [5.41, 5.74) is 4.28. The van der Waals surface area contributed by atoms with Crippen LogP contribution in [0, 0.1) is 5.82 Å². The number of anilines is 1. The zero-order valence-electron chi connectivity index (χ0n) is 22.3. The molecule has 5 rings (SSSR count). The number of rotatable bonds is 10. The van der Waals surface area contributed by atoms with Crippen molar-refractivity contribution in [2.45, 2.75) is 31.7 Å². The normalized spacial score (nSPS) is 12.3. The van der Waals surface area contributed by atoms with Gasteiger partial charge in [-0.05, 0) is 67.1 Å². The van der Waals surface area contributed by atoms with Crippen LogP contribution in [0.1, 0.15) is 35.6 Å². The molecule has 9 heteroatoms. The molecule has 39 heavy (non-hydrogen) atoms. The van der Waals surface area contributed by atoms with E-state index in [2.05, 4.69) is 21.2 Å². The molecule has 1 heterocycles. The largest absolute Gasteiger partial charge is 0.497 e. The third-order valence-electron chi connectivity index (χ3n) is 6.23. The number of aromatic nitrogens is 2. The van der Waals surface area contributed by atoms with E-state index in [1.165, 1.54) is 18.9 Å². The van der Waals surface area contributed by atoms with Gasteiger partial charge in [0.25, 0.3) is 0 Å². The summed E-state index contributed by atoms with van der Waals surface area (Å²) in [4.78, 5) is 12.1. The maximum Gasteiger partial charge on any atom is 0.228 e. The maximum absolute atomic E-state index is 13.6. The van der Waals surface area contributed by atoms with Crippen LogP contribution in [0.2, 0.25) is 0 Å². The third kappa shape index (κ3) is 8.08. The molecule has 1 aliphatic carbocycles. The van der Waals surface area contributed by atoms with Gasteiger partial charge in [0, 0.05) is 36.0 Å². The summed E-state index contributed by atoms with van der Waals surface area (Å²) in [7, 11) is 3.31. The quantitative estimate of drug-likeness (QED) is 0.232. The smallest absolute Gasteiger partial charge is 0.228 e. The van der Waals surface area contributed by atoms with Crippen LogP contribution in [0.25, 0.3) is 5.69 Å². The van der Waals surface area contributed by atoms with E-state index in [1.807, 2.05) is 59.6 Å². The minimum Gasteiger partial charge on any atom is -0.497 e. The van der Waals surface area contributed by atoms with Crippen LogP contribution in [0.5, 0.6) is 11.5 Å². The lowest BCUT2D eigenvalue weighted by Gasteiger charge is -2.09. The van der Waals surface area contributed by atoms with E-state index < -0.39 is 0 Å². The van der Waals surface area contributed by atoms with Crippen molar-refractivity contribution >= 4 is 23.5 Å². The van der Waals surface area contributed by atoms with E-state index in [4.69, 9.17) is 9.47 Å². The number of hydrogen-bond acceptors (Lipinski definition) is 6. The van der Waals surface area contributed by atoms with Crippen molar-refractivity contribution in [2.24, 2.45) is 0 Å². The number of halogens is 1. The highest BCUT2D eigenvalue weighted by Gasteiger charge is 2.25. The Kier molecular flexibility index (Phi) is 9.99. The van der Waals surface area contributed by atoms with Gasteiger partial charge in [-0.15, -0.1) is 0 Å². The van der Waals surface area contributed by atoms with Gasteiger partial charge in [0.2, 0.25) is 5.91 Å². The van der Waals surface area contributed by atoms with Crippen molar-refractivity contribution in [3.8, 4) is 17.2 Å². The number of methoxy groups -OCH3 is 2. The topological polar surface area (TPSA) is 77.4 Å². The van der Waals surface area contributed by atoms with E-state index in [9.17, 15) is 9.18 Å². The number of amides is 1. The van der Waals surface area contributed by atoms with Crippen LogP contribution < -0.4 is 19.5 Å². The first-order valence-corrected chi connectivity index (χ1v) is 13.9. The lowest BCUT2D eigenvalue weighted by molar-refractivity contribution is -0.115. The summed E-state index contributed by atoms with van der Waals surface area (Å²) in [6, 6.07) is 21.6. The summed E-state index contributed by atoms with van der Waals surface area (Å²) in [6.45, 7) is 0.786. The van der Waals surface area contributed by atoms with E-state index in [0.29, 0.717) is 17.2 Å². The Balaban J connectivity index is 0.000000215. The molecule has 4 aromatic rings. The Morgan fingerprint density at radius 2 is 1.79 bits per heavy atom. The first-order valence-electron chi connectivity index (χ1n) is 12.7. The average molecular weight is 549 g/mol. The van der Waals surface area contributed by atoms with Gasteiger partial charge in [-0.2, -0.15) is 5.10 Å². The zero-order chi connectivity index (χ0) is 27.6. The molecular weight excluding hydrogens is 515 g/mol. The fraction of sp³-hybridized carbons (Fsp3) is 0.267. The molecule has 0 unspecified atom stereocenters. The fourth-order valence-electron chi connectivity index (χ4n) is 3.94. The van der Waals surface area contributed by atoms with Crippen LogP contribution >= 0.6 is 11.9 Å². The molecule has 0 spiro atoms. The molecule has 0 aliphatic heterocycles. The molecule has 3 aromatic carbocycles. The molecule has 1 amide bonds. The first-order chi connectivity index (χ1) is 19.0. The molecule has 1 fully saturated rings. The standard InChI is InChI=1S/C20H18FN3O.C10H15NO2S/c21-18-4-2-1-3-15(18)13-20(25)22-16-7-9-17(10-8-16)24-12-11-19(23-24)14-5-6-14;1-12-9-5-4-8(7-11-14-3)10(6-9)13-2/h1-4,7-12,14H,5-6,13H2,(H,22,25);4-6,11H,7H2,1-3H3. The zero-order valence-corrected chi connectivity index (χ0v) is 23.1. The molecule has 0 bridgehead atoms. The van der Waals surface area contributed by atoms with Gasteiger partial charge in [-0.1, -0.05) is 36.2 Å². The summed E-state index contributed by atoms with van der Waals surface area (Å²) in [5.74, 6) is 1.69. The predicted molar refractivity (Wildman–Crippen MR) is 154 cm³/mol. The van der Waals surface area contributed by atoms with E-state index in [0.717, 1.165) is 35.0 Å². The number of nitrogens with zero attached hydrogens (tertiary/aromatic N) is 2. The molecule has 0 atom stereocenters. The summed E-state index contributed by atoms with van der Waals surface area (Å²) < 4.78 is 29.0. The summed E-state index contributed by atoms with van der Waals surface area (Å²) >= 11 is 1.59. The van der Waals surface area contributed by atoms with E-state index >= 15 is 0 Å². The highest BCUT2D eigenvalue weighted by atomic mass is 32.2. The molecule has 1 aromatic heterocycles. The number of carbonyl (C=O) groups excluding carboxylic acids is 1. The molecule has 0 saturated heterocycles. The number of benzene rings is 3. The monoisotopic (exact) mass is 548 g/mol. The second-order valence-electron chi connectivity index (χ2n) is 9.03. The predicted octanol–water partition coefficient (Wildman–Crippen LogP) is 6.14. The van der Waals surface area contributed by atoms with Crippen molar-refractivity contribution in [3.05, 3.63) is 102 Å². The molecule has 204 valence electrons. The van der Waals surface area contributed by atoms with Crippen LogP contribution in [0.4, 0.5) is 10.1 Å². The minimum atomic E-state index is -0.363. The van der Waals surface area contributed by atoms with Gasteiger partial charge in [0.1, 0.15) is 17.3 Å². The average Bonchev–Trinajstić information content (AvgIpc) is 3.70. The van der Waals surface area contributed by atoms with Crippen LogP contribution in [-0.4, -0.2) is 36.2 Å². The summed E-state index contributed by atoms with van der Waals surface area (Å²) in [6.07, 6.45) is 6.42. The van der Waals surface area contributed by atoms with Crippen molar-refractivity contribution in [3.63, 3.8) is 0 Å². The summed E-state index contributed by atoms with van der Waals surface area (Å²) in [5, 5.41) is 7.38. The highest BCUT2D eigenvalue weighted by molar-refractivity contribution is 7.96. The molecule has 1 saturated carbocycles. The van der Waals surface area contributed by atoms with Crippen molar-refractivity contribution in [2.75, 3.05) is 25.8 Å². The SMILES string of the molecule is COc1ccc(CNSC)c(OC)c1.O=C(Cc1ccccc1F)Nc1ccc(-n2ccc(C3CC3)n2)cc1. The second-order valence-corrected chi connectivity index (χ2v) is 9.72. The molecule has 7 nitrogen and oxygen atoms in total. The Bertz CT molecular complexity index is 1370. The molecule has 1 aliphatic rings. The number of nitrogens with one attached hydrogen (secondary N) is 2. The second kappa shape index (κ2) is 13.8. The maximum atomic E-state index is 13.6. The van der Waals surface area contributed by atoms with Gasteiger partial charge in [0.05, 0.1) is 32.0 Å². The minimum absolute atomic E-state index is 0.0122. The van der Waals surface area contributed by atoms with Crippen molar-refractivity contribution in [1.82, 2.24) is 14.5 Å². The van der Waals surface area contributed by atoms with Gasteiger partial charge in [-0.25, -0.2) is 9.07 Å². The third-order valence-corrected chi connectivity index (χ3v) is 6.66. The van der Waals surface area contributed by atoms with Crippen LogP contribution in [0.3, 0.4) is 0 Å². The first kappa shape index (κ1) is 28.2. The molecular formula is C30H33FN4O3S. The number of ether oxygens (including phenoxy) is 2. The van der Waals surface area contributed by atoms with E-state index in [1.54, 1.807) is 44.4 Å². The van der Waals surface area contributed by atoms with Crippen LogP contribution in [0.15, 0.2) is 79.0 Å². The number of hydrogen-bond donors (Lipinski definition) is 2. The Labute approximate surface area is 232 Å². The van der Waals surface area contributed by atoms with Gasteiger partial charge in [0.15, 0.2) is 0 Å². The number of carbonyl (C=O) groups is 1. The van der Waals surface area contributed by atoms with Crippen LogP contribution in [-0.2, 0) is 17.8 Å². The lowest BCUT2D eigenvalue weighted by atomic mass is 10.1. The van der Waals surface area contributed by atoms with Gasteiger partial charge < -0.3 is 14.8 Å². The molecule has 2 N–H and O–H groups in total. The highest BCUT2D eigenvalue weighted by Crippen LogP contribution is 2.39. The fourth-order valence-corrected chi connectivity index (χ4v) is 4.24. The Hall–Kier alpha value is -3.82. The molecule has 0 radical (unpaired) electrons. The lowest BCUT2D eigenvalue weighted by Crippen LogP contribution is -2.15. The van der Waals surface area contributed by atoms with Gasteiger partial charge >= 0.3 is 0 Å². The van der Waals surface area contributed by atoms with Gasteiger partial charge in [-0.3, -0.25) is 9.52 Å². The Morgan fingerprint density at radius 3 is 2.46 bits per heavy atom. The van der Waals surface area contributed by atoms with E-state index in [-0.39, 0.29) is 18.1 Å². The Morgan fingerprint density at radius 1 is 1.03 bits per heavy atom.